The first-order valence-corrected chi connectivity index (χ1v) is 7.33. The molecular formula is C14H32N2+2. The van der Waals surface area contributed by atoms with Crippen molar-refractivity contribution < 1.29 is 9.80 Å². The van der Waals surface area contributed by atoms with Crippen LogP contribution in [0.15, 0.2) is 0 Å². The molecule has 96 valence electrons. The van der Waals surface area contributed by atoms with Crippen molar-refractivity contribution >= 4 is 0 Å². The normalized spacial score (nSPS) is 28.3. The molecule has 1 fully saturated rings. The SMILES string of the molecule is CC[NH+](CC)CC[NH+](C)[C@@H]1CCC[C@H](C)C1. The Morgan fingerprint density at radius 1 is 1.06 bits per heavy atom. The molecule has 0 bridgehead atoms. The summed E-state index contributed by atoms with van der Waals surface area (Å²) in [4.78, 5) is 3.54. The predicted molar refractivity (Wildman–Crippen MR) is 70.1 cm³/mol. The van der Waals surface area contributed by atoms with E-state index in [0.717, 1.165) is 12.0 Å². The Morgan fingerprint density at radius 2 is 1.75 bits per heavy atom. The Labute approximate surface area is 102 Å². The highest BCUT2D eigenvalue weighted by molar-refractivity contribution is 4.68. The zero-order valence-electron chi connectivity index (χ0n) is 11.8. The van der Waals surface area contributed by atoms with Crippen LogP contribution in [0.5, 0.6) is 0 Å². The third-order valence-corrected chi connectivity index (χ3v) is 4.51. The lowest BCUT2D eigenvalue weighted by molar-refractivity contribution is -0.959. The van der Waals surface area contributed by atoms with Crippen LogP contribution < -0.4 is 9.80 Å². The van der Waals surface area contributed by atoms with Gasteiger partial charge in [0.15, 0.2) is 0 Å². The van der Waals surface area contributed by atoms with Gasteiger partial charge in [0.25, 0.3) is 0 Å². The molecule has 0 heterocycles. The van der Waals surface area contributed by atoms with Crippen LogP contribution in [0, 0.1) is 5.92 Å². The molecule has 2 heteroatoms. The van der Waals surface area contributed by atoms with Crippen LogP contribution in [0.1, 0.15) is 46.5 Å². The van der Waals surface area contributed by atoms with Crippen LogP contribution in [-0.4, -0.2) is 39.3 Å². The van der Waals surface area contributed by atoms with Gasteiger partial charge in [-0.05, 0) is 32.6 Å². The maximum absolute atomic E-state index is 2.43. The average Bonchev–Trinajstić information content (AvgIpc) is 2.30. The van der Waals surface area contributed by atoms with Gasteiger partial charge in [-0.25, -0.2) is 0 Å². The Kier molecular flexibility index (Phi) is 6.37. The molecule has 1 aliphatic rings. The van der Waals surface area contributed by atoms with Crippen molar-refractivity contribution in [3.8, 4) is 0 Å². The minimum Gasteiger partial charge on any atom is -0.331 e. The topological polar surface area (TPSA) is 8.88 Å². The number of rotatable bonds is 6. The maximum atomic E-state index is 2.43. The molecule has 0 amide bonds. The molecule has 1 unspecified atom stereocenters. The summed E-state index contributed by atoms with van der Waals surface area (Å²) in [6.07, 6.45) is 5.84. The van der Waals surface area contributed by atoms with Crippen LogP contribution in [0.25, 0.3) is 0 Å². The third-order valence-electron chi connectivity index (χ3n) is 4.51. The Hall–Kier alpha value is -0.0800. The summed E-state index contributed by atoms with van der Waals surface area (Å²) in [5.74, 6) is 0.967. The second-order valence-corrected chi connectivity index (χ2v) is 5.77. The van der Waals surface area contributed by atoms with E-state index in [1.807, 2.05) is 0 Å². The van der Waals surface area contributed by atoms with Crippen LogP contribution in [-0.2, 0) is 0 Å². The van der Waals surface area contributed by atoms with Gasteiger partial charge in [-0.2, -0.15) is 0 Å². The van der Waals surface area contributed by atoms with Crippen molar-refractivity contribution in [1.29, 1.82) is 0 Å². The van der Waals surface area contributed by atoms with Gasteiger partial charge in [0.2, 0.25) is 0 Å². The third kappa shape index (κ3) is 4.42. The Balaban J connectivity index is 2.25. The summed E-state index contributed by atoms with van der Waals surface area (Å²) in [7, 11) is 2.41. The van der Waals surface area contributed by atoms with Crippen LogP contribution in [0.3, 0.4) is 0 Å². The molecule has 1 rings (SSSR count). The summed E-state index contributed by atoms with van der Waals surface area (Å²) >= 11 is 0. The molecule has 0 aromatic rings. The van der Waals surface area contributed by atoms with Crippen molar-refractivity contribution in [2.24, 2.45) is 5.92 Å². The van der Waals surface area contributed by atoms with E-state index in [9.17, 15) is 0 Å². The standard InChI is InChI=1S/C14H30N2/c1-5-16(6-2)11-10-15(4)14-9-7-8-13(3)12-14/h13-14H,5-12H2,1-4H3/p+2/t13-,14+/m0/s1. The van der Waals surface area contributed by atoms with E-state index in [2.05, 4.69) is 27.8 Å². The fourth-order valence-electron chi connectivity index (χ4n) is 3.06. The first-order chi connectivity index (χ1) is 7.67. The van der Waals surface area contributed by atoms with Crippen molar-refractivity contribution in [1.82, 2.24) is 0 Å². The maximum Gasteiger partial charge on any atom is 0.127 e. The van der Waals surface area contributed by atoms with Crippen LogP contribution >= 0.6 is 0 Å². The first-order valence-electron chi connectivity index (χ1n) is 7.33. The Bertz CT molecular complexity index is 178. The van der Waals surface area contributed by atoms with Crippen LogP contribution in [0.4, 0.5) is 0 Å². The summed E-state index contributed by atoms with van der Waals surface area (Å²) in [6.45, 7) is 12.3. The minimum atomic E-state index is 0.943. The van der Waals surface area contributed by atoms with Gasteiger partial charge in [-0.3, -0.25) is 0 Å². The highest BCUT2D eigenvalue weighted by Crippen LogP contribution is 2.21. The summed E-state index contributed by atoms with van der Waals surface area (Å²) in [6, 6.07) is 0.943. The zero-order valence-corrected chi connectivity index (χ0v) is 11.8. The summed E-state index contributed by atoms with van der Waals surface area (Å²) in [5.41, 5.74) is 0. The van der Waals surface area contributed by atoms with Gasteiger partial charge in [0.1, 0.15) is 13.1 Å². The molecule has 0 radical (unpaired) electrons. The van der Waals surface area contributed by atoms with E-state index < -0.39 is 0 Å². The fraction of sp³-hybridized carbons (Fsp3) is 1.00. The first kappa shape index (κ1) is 14.0. The number of likely N-dealkylation sites (N-methyl/N-ethyl adjacent to an activating group) is 2. The van der Waals surface area contributed by atoms with Gasteiger partial charge in [-0.1, -0.05) is 13.3 Å². The number of quaternary nitrogens is 2. The molecule has 16 heavy (non-hydrogen) atoms. The van der Waals surface area contributed by atoms with Gasteiger partial charge in [-0.15, -0.1) is 0 Å². The Morgan fingerprint density at radius 3 is 2.31 bits per heavy atom. The number of hydrogen-bond donors (Lipinski definition) is 2. The van der Waals surface area contributed by atoms with Crippen molar-refractivity contribution in [2.75, 3.05) is 33.2 Å². The minimum absolute atomic E-state index is 0.943. The second-order valence-electron chi connectivity index (χ2n) is 5.77. The van der Waals surface area contributed by atoms with Crippen molar-refractivity contribution in [2.45, 2.75) is 52.5 Å². The lowest BCUT2D eigenvalue weighted by Gasteiger charge is -2.31. The molecule has 1 aliphatic carbocycles. The highest BCUT2D eigenvalue weighted by Gasteiger charge is 2.25. The molecule has 3 atom stereocenters. The average molecular weight is 228 g/mol. The quantitative estimate of drug-likeness (QED) is 0.633. The monoisotopic (exact) mass is 228 g/mol. The van der Waals surface area contributed by atoms with Crippen molar-refractivity contribution in [3.63, 3.8) is 0 Å². The van der Waals surface area contributed by atoms with E-state index in [1.54, 1.807) is 9.80 Å². The molecule has 2 nitrogen and oxygen atoms in total. The molecule has 0 aliphatic heterocycles. The smallest absolute Gasteiger partial charge is 0.127 e. The van der Waals surface area contributed by atoms with Crippen molar-refractivity contribution in [3.05, 3.63) is 0 Å². The summed E-state index contributed by atoms with van der Waals surface area (Å²) in [5, 5.41) is 0. The second kappa shape index (κ2) is 7.29. The van der Waals surface area contributed by atoms with Crippen LogP contribution in [0.2, 0.25) is 0 Å². The lowest BCUT2D eigenvalue weighted by Crippen LogP contribution is -3.20. The van der Waals surface area contributed by atoms with E-state index in [1.165, 1.54) is 51.9 Å². The molecule has 2 N–H and O–H groups in total. The zero-order chi connectivity index (χ0) is 12.0. The molecule has 0 aromatic heterocycles. The van der Waals surface area contributed by atoms with E-state index in [0.29, 0.717) is 0 Å². The summed E-state index contributed by atoms with van der Waals surface area (Å²) < 4.78 is 0. The molecule has 0 aromatic carbocycles. The largest absolute Gasteiger partial charge is 0.331 e. The van der Waals surface area contributed by atoms with Gasteiger partial charge in [0.05, 0.1) is 26.2 Å². The van der Waals surface area contributed by atoms with E-state index in [-0.39, 0.29) is 0 Å². The number of nitrogens with one attached hydrogen (secondary N) is 2. The van der Waals surface area contributed by atoms with E-state index >= 15 is 0 Å². The van der Waals surface area contributed by atoms with E-state index in [4.69, 9.17) is 0 Å². The van der Waals surface area contributed by atoms with Gasteiger partial charge in [0, 0.05) is 6.42 Å². The molecule has 0 spiro atoms. The molecule has 1 saturated carbocycles. The van der Waals surface area contributed by atoms with Gasteiger partial charge < -0.3 is 9.80 Å². The van der Waals surface area contributed by atoms with Gasteiger partial charge >= 0.3 is 0 Å². The molecule has 0 saturated heterocycles. The number of hydrogen-bond acceptors (Lipinski definition) is 0. The molecular weight excluding hydrogens is 196 g/mol. The fourth-order valence-corrected chi connectivity index (χ4v) is 3.06. The lowest BCUT2D eigenvalue weighted by atomic mass is 9.86. The predicted octanol–water partition coefficient (Wildman–Crippen LogP) is 0.00450. The highest BCUT2D eigenvalue weighted by atomic mass is 15.2.